The summed E-state index contributed by atoms with van der Waals surface area (Å²) in [6.45, 7) is 10.8. The summed E-state index contributed by atoms with van der Waals surface area (Å²) in [6.07, 6.45) is 2.19. The highest BCUT2D eigenvalue weighted by atomic mass is 16.5. The molecule has 3 saturated heterocycles. The van der Waals surface area contributed by atoms with Gasteiger partial charge in [-0.15, -0.1) is 0 Å². The fourth-order valence-corrected chi connectivity index (χ4v) is 6.27. The minimum Gasteiger partial charge on any atom is -0.381 e. The molecule has 4 heterocycles. The van der Waals surface area contributed by atoms with Crippen molar-refractivity contribution in [2.45, 2.75) is 44.2 Å². The van der Waals surface area contributed by atoms with Gasteiger partial charge in [-0.2, -0.15) is 0 Å². The summed E-state index contributed by atoms with van der Waals surface area (Å²) in [5.74, 6) is 0.508. The molecule has 1 atom stereocenters. The lowest BCUT2D eigenvalue weighted by Gasteiger charge is -2.63. The first kappa shape index (κ1) is 21.9. The van der Waals surface area contributed by atoms with E-state index in [1.54, 1.807) is 0 Å². The standard InChI is InChI=1S/C25H35N3O4/c1-18(2)28-23(29)21-6-4-3-5-20(21)22(24(30)27-9-13-32-14-10-27)25(28)16-26(17-25)15-19-7-11-31-12-8-19/h3-6,18-19,22H,7-17H2,1-2H3. The molecule has 0 radical (unpaired) electrons. The number of hydrogen-bond acceptors (Lipinski definition) is 5. The Labute approximate surface area is 190 Å². The number of likely N-dealkylation sites (tertiary alicyclic amines) is 1. The molecular formula is C25H35N3O4. The van der Waals surface area contributed by atoms with Crippen LogP contribution < -0.4 is 0 Å². The number of morpholine rings is 1. The van der Waals surface area contributed by atoms with Gasteiger partial charge in [0.15, 0.2) is 0 Å². The van der Waals surface area contributed by atoms with Gasteiger partial charge in [0.2, 0.25) is 5.91 Å². The first-order valence-electron chi connectivity index (χ1n) is 12.1. The number of ether oxygens (including phenoxy) is 2. The molecule has 1 aromatic rings. The molecule has 7 nitrogen and oxygen atoms in total. The van der Waals surface area contributed by atoms with Gasteiger partial charge in [0.05, 0.1) is 24.7 Å². The summed E-state index contributed by atoms with van der Waals surface area (Å²) in [7, 11) is 0. The van der Waals surface area contributed by atoms with Crippen LogP contribution in [0.1, 0.15) is 48.5 Å². The molecule has 1 spiro atoms. The summed E-state index contributed by atoms with van der Waals surface area (Å²) in [5, 5.41) is 0. The molecule has 32 heavy (non-hydrogen) atoms. The number of amides is 2. The van der Waals surface area contributed by atoms with Crippen LogP contribution in [0.4, 0.5) is 0 Å². The van der Waals surface area contributed by atoms with Crippen LogP contribution in [-0.4, -0.2) is 97.2 Å². The molecule has 0 aromatic heterocycles. The molecule has 4 aliphatic rings. The number of nitrogens with zero attached hydrogens (tertiary/aromatic N) is 3. The Morgan fingerprint density at radius 3 is 2.41 bits per heavy atom. The predicted molar refractivity (Wildman–Crippen MR) is 121 cm³/mol. The average molecular weight is 442 g/mol. The van der Waals surface area contributed by atoms with Crippen molar-refractivity contribution in [3.8, 4) is 0 Å². The van der Waals surface area contributed by atoms with E-state index in [4.69, 9.17) is 9.47 Å². The molecule has 2 amide bonds. The van der Waals surface area contributed by atoms with E-state index in [0.717, 1.165) is 51.3 Å². The van der Waals surface area contributed by atoms with Crippen LogP contribution in [0, 0.1) is 5.92 Å². The number of carbonyl (C=O) groups excluding carboxylic acids is 2. The topological polar surface area (TPSA) is 62.3 Å². The lowest BCUT2D eigenvalue weighted by molar-refractivity contribution is -0.149. The predicted octanol–water partition coefficient (Wildman–Crippen LogP) is 1.97. The molecule has 0 saturated carbocycles. The first-order valence-corrected chi connectivity index (χ1v) is 12.1. The Morgan fingerprint density at radius 1 is 1.06 bits per heavy atom. The van der Waals surface area contributed by atoms with Gasteiger partial charge in [-0.1, -0.05) is 18.2 Å². The third-order valence-corrected chi connectivity index (χ3v) is 7.68. The van der Waals surface area contributed by atoms with Gasteiger partial charge in [0.1, 0.15) is 0 Å². The summed E-state index contributed by atoms with van der Waals surface area (Å²) in [5.41, 5.74) is 1.10. The highest BCUT2D eigenvalue weighted by Crippen LogP contribution is 2.48. The van der Waals surface area contributed by atoms with Crippen molar-refractivity contribution in [1.29, 1.82) is 0 Å². The van der Waals surface area contributed by atoms with E-state index in [0.29, 0.717) is 37.8 Å². The van der Waals surface area contributed by atoms with E-state index < -0.39 is 5.54 Å². The SMILES string of the molecule is CC(C)N1C(=O)c2ccccc2C(C(=O)N2CCOCC2)C12CN(CC1CCOCC1)C2. The maximum Gasteiger partial charge on any atom is 0.254 e. The Morgan fingerprint density at radius 2 is 1.72 bits per heavy atom. The zero-order chi connectivity index (χ0) is 22.3. The molecule has 5 rings (SSSR count). The van der Waals surface area contributed by atoms with Crippen molar-refractivity contribution in [1.82, 2.24) is 14.7 Å². The van der Waals surface area contributed by atoms with Crippen LogP contribution in [-0.2, 0) is 14.3 Å². The van der Waals surface area contributed by atoms with Gasteiger partial charge >= 0.3 is 0 Å². The van der Waals surface area contributed by atoms with E-state index >= 15 is 0 Å². The minimum atomic E-state index is -0.486. The van der Waals surface area contributed by atoms with Gasteiger partial charge in [0, 0.05) is 57.5 Å². The normalized spacial score (nSPS) is 26.3. The van der Waals surface area contributed by atoms with Gasteiger partial charge in [-0.25, -0.2) is 0 Å². The lowest BCUT2D eigenvalue weighted by atomic mass is 9.66. The van der Waals surface area contributed by atoms with Crippen LogP contribution in [0.2, 0.25) is 0 Å². The second-order valence-corrected chi connectivity index (χ2v) is 10.1. The molecule has 174 valence electrons. The van der Waals surface area contributed by atoms with Crippen LogP contribution in [0.25, 0.3) is 0 Å². The zero-order valence-corrected chi connectivity index (χ0v) is 19.3. The maximum atomic E-state index is 14.0. The molecule has 7 heteroatoms. The number of carbonyl (C=O) groups is 2. The van der Waals surface area contributed by atoms with E-state index in [2.05, 4.69) is 18.7 Å². The molecule has 3 fully saturated rings. The summed E-state index contributed by atoms with van der Waals surface area (Å²) >= 11 is 0. The Hall–Kier alpha value is -1.96. The summed E-state index contributed by atoms with van der Waals surface area (Å²) < 4.78 is 11.0. The van der Waals surface area contributed by atoms with Crippen molar-refractivity contribution >= 4 is 11.8 Å². The fraction of sp³-hybridized carbons (Fsp3) is 0.680. The molecule has 1 unspecified atom stereocenters. The second kappa shape index (κ2) is 8.76. The first-order chi connectivity index (χ1) is 15.5. The number of benzene rings is 1. The largest absolute Gasteiger partial charge is 0.381 e. The Kier molecular flexibility index (Phi) is 5.99. The van der Waals surface area contributed by atoms with Gasteiger partial charge in [-0.3, -0.25) is 14.5 Å². The molecule has 0 N–H and O–H groups in total. The third kappa shape index (κ3) is 3.64. The molecule has 0 bridgehead atoms. The highest BCUT2D eigenvalue weighted by Gasteiger charge is 2.61. The van der Waals surface area contributed by atoms with Crippen molar-refractivity contribution in [2.24, 2.45) is 5.92 Å². The van der Waals surface area contributed by atoms with Crippen molar-refractivity contribution in [2.75, 3.05) is 59.2 Å². The highest BCUT2D eigenvalue weighted by molar-refractivity contribution is 6.02. The number of rotatable bonds is 4. The van der Waals surface area contributed by atoms with E-state index in [1.165, 1.54) is 0 Å². The van der Waals surface area contributed by atoms with Crippen LogP contribution >= 0.6 is 0 Å². The summed E-state index contributed by atoms with van der Waals surface area (Å²) in [6, 6.07) is 7.78. The number of hydrogen-bond donors (Lipinski definition) is 0. The Balaban J connectivity index is 1.49. The van der Waals surface area contributed by atoms with Crippen LogP contribution in [0.15, 0.2) is 24.3 Å². The van der Waals surface area contributed by atoms with Gasteiger partial charge in [-0.05, 0) is 44.2 Å². The van der Waals surface area contributed by atoms with E-state index in [9.17, 15) is 9.59 Å². The lowest BCUT2D eigenvalue weighted by Crippen LogP contribution is -2.78. The quantitative estimate of drug-likeness (QED) is 0.715. The van der Waals surface area contributed by atoms with Crippen LogP contribution in [0.5, 0.6) is 0 Å². The van der Waals surface area contributed by atoms with Crippen molar-refractivity contribution < 1.29 is 19.1 Å². The van der Waals surface area contributed by atoms with Gasteiger partial charge in [0.25, 0.3) is 5.91 Å². The maximum absolute atomic E-state index is 14.0. The second-order valence-electron chi connectivity index (χ2n) is 10.1. The molecule has 4 aliphatic heterocycles. The third-order valence-electron chi connectivity index (χ3n) is 7.68. The fourth-order valence-electron chi connectivity index (χ4n) is 6.27. The van der Waals surface area contributed by atoms with Gasteiger partial charge < -0.3 is 19.3 Å². The average Bonchev–Trinajstić information content (AvgIpc) is 2.79. The van der Waals surface area contributed by atoms with Crippen molar-refractivity contribution in [3.63, 3.8) is 0 Å². The smallest absolute Gasteiger partial charge is 0.254 e. The summed E-state index contributed by atoms with van der Waals surface area (Å²) in [4.78, 5) is 34.1. The minimum absolute atomic E-state index is 0.0288. The van der Waals surface area contributed by atoms with Crippen LogP contribution in [0.3, 0.4) is 0 Å². The number of fused-ring (bicyclic) bond motifs is 1. The molecule has 1 aromatic carbocycles. The zero-order valence-electron chi connectivity index (χ0n) is 19.3. The van der Waals surface area contributed by atoms with Crippen molar-refractivity contribution in [3.05, 3.63) is 35.4 Å². The monoisotopic (exact) mass is 441 g/mol. The van der Waals surface area contributed by atoms with E-state index in [-0.39, 0.29) is 23.8 Å². The molecule has 0 aliphatic carbocycles. The van der Waals surface area contributed by atoms with E-state index in [1.807, 2.05) is 34.1 Å². The Bertz CT molecular complexity index is 854. The molecular weight excluding hydrogens is 406 g/mol.